The Labute approximate surface area is 128 Å². The van der Waals surface area contributed by atoms with Gasteiger partial charge in [-0.25, -0.2) is 0 Å². The van der Waals surface area contributed by atoms with Crippen LogP contribution in [-0.2, 0) is 6.18 Å². The molecule has 0 aliphatic carbocycles. The van der Waals surface area contributed by atoms with Gasteiger partial charge in [0.2, 0.25) is 5.88 Å². The number of rotatable bonds is 3. The van der Waals surface area contributed by atoms with Crippen LogP contribution >= 0.6 is 23.2 Å². The lowest BCUT2D eigenvalue weighted by atomic mass is 10.2. The van der Waals surface area contributed by atoms with Gasteiger partial charge in [-0.2, -0.15) is 18.2 Å². The van der Waals surface area contributed by atoms with Gasteiger partial charge in [0, 0.05) is 7.05 Å². The van der Waals surface area contributed by atoms with Crippen LogP contribution in [-0.4, -0.2) is 12.0 Å². The molecule has 0 fully saturated rings. The lowest BCUT2D eigenvalue weighted by Crippen LogP contribution is -2.04. The summed E-state index contributed by atoms with van der Waals surface area (Å²) in [6.07, 6.45) is -4.39. The molecule has 3 nitrogen and oxygen atoms in total. The van der Waals surface area contributed by atoms with Crippen LogP contribution in [0.4, 0.5) is 19.0 Å². The van der Waals surface area contributed by atoms with Gasteiger partial charge in [0.15, 0.2) is 0 Å². The quantitative estimate of drug-likeness (QED) is 0.832. The SMILES string of the molecule is CNc1nc(Oc2ccc(C(F)(F)F)cc2)c(Cl)cc1Cl. The summed E-state index contributed by atoms with van der Waals surface area (Å²) < 4.78 is 42.7. The van der Waals surface area contributed by atoms with Gasteiger partial charge in [-0.05, 0) is 30.3 Å². The minimum Gasteiger partial charge on any atom is -0.437 e. The number of hydrogen-bond acceptors (Lipinski definition) is 3. The van der Waals surface area contributed by atoms with Crippen molar-refractivity contribution in [3.63, 3.8) is 0 Å². The maximum Gasteiger partial charge on any atom is 0.416 e. The highest BCUT2D eigenvalue weighted by molar-refractivity contribution is 6.36. The fraction of sp³-hybridized carbons (Fsp3) is 0.154. The number of pyridine rings is 1. The van der Waals surface area contributed by atoms with Crippen molar-refractivity contribution < 1.29 is 17.9 Å². The molecular weight excluding hydrogens is 328 g/mol. The molecule has 2 aromatic rings. The molecule has 0 bridgehead atoms. The first-order chi connectivity index (χ1) is 9.81. The second-order valence-corrected chi connectivity index (χ2v) is 4.79. The molecule has 0 atom stereocenters. The Morgan fingerprint density at radius 1 is 1.10 bits per heavy atom. The third-order valence-electron chi connectivity index (χ3n) is 2.53. The molecule has 1 aromatic heterocycles. The molecule has 0 saturated carbocycles. The molecule has 1 heterocycles. The molecule has 1 N–H and O–H groups in total. The highest BCUT2D eigenvalue weighted by atomic mass is 35.5. The average Bonchev–Trinajstić information content (AvgIpc) is 2.41. The number of ether oxygens (including phenoxy) is 1. The van der Waals surface area contributed by atoms with Crippen molar-refractivity contribution >= 4 is 29.0 Å². The van der Waals surface area contributed by atoms with Gasteiger partial charge in [-0.1, -0.05) is 23.2 Å². The zero-order valence-electron chi connectivity index (χ0n) is 10.6. The zero-order chi connectivity index (χ0) is 15.6. The summed E-state index contributed by atoms with van der Waals surface area (Å²) in [7, 11) is 1.62. The van der Waals surface area contributed by atoms with E-state index in [4.69, 9.17) is 27.9 Å². The lowest BCUT2D eigenvalue weighted by molar-refractivity contribution is -0.137. The molecule has 112 valence electrons. The van der Waals surface area contributed by atoms with Gasteiger partial charge in [-0.3, -0.25) is 0 Å². The fourth-order valence-corrected chi connectivity index (χ4v) is 2.01. The van der Waals surface area contributed by atoms with E-state index in [2.05, 4.69) is 10.3 Å². The maximum absolute atomic E-state index is 12.5. The average molecular weight is 337 g/mol. The van der Waals surface area contributed by atoms with E-state index in [0.717, 1.165) is 12.1 Å². The molecule has 1 aromatic carbocycles. The fourth-order valence-electron chi connectivity index (χ4n) is 1.52. The Hall–Kier alpha value is -1.66. The van der Waals surface area contributed by atoms with Crippen molar-refractivity contribution in [3.8, 4) is 11.6 Å². The normalized spacial score (nSPS) is 11.3. The van der Waals surface area contributed by atoms with Crippen molar-refractivity contribution in [2.75, 3.05) is 12.4 Å². The zero-order valence-corrected chi connectivity index (χ0v) is 12.1. The monoisotopic (exact) mass is 336 g/mol. The van der Waals surface area contributed by atoms with Gasteiger partial charge in [0.05, 0.1) is 10.6 Å². The van der Waals surface area contributed by atoms with Gasteiger partial charge in [0.25, 0.3) is 0 Å². The number of nitrogens with zero attached hydrogens (tertiary/aromatic N) is 1. The predicted molar refractivity (Wildman–Crippen MR) is 75.3 cm³/mol. The van der Waals surface area contributed by atoms with Crippen LogP contribution in [0.15, 0.2) is 30.3 Å². The summed E-state index contributed by atoms with van der Waals surface area (Å²) in [5.74, 6) is 0.579. The number of halogens is 5. The van der Waals surface area contributed by atoms with Crippen LogP contribution in [0, 0.1) is 0 Å². The predicted octanol–water partition coefficient (Wildman–Crippen LogP) is 5.24. The van der Waals surface area contributed by atoms with Crippen molar-refractivity contribution in [2.45, 2.75) is 6.18 Å². The molecule has 0 aliphatic heterocycles. The molecule has 0 aliphatic rings. The van der Waals surface area contributed by atoms with E-state index in [-0.39, 0.29) is 16.7 Å². The summed E-state index contributed by atoms with van der Waals surface area (Å²) >= 11 is 11.8. The van der Waals surface area contributed by atoms with Crippen molar-refractivity contribution in [1.82, 2.24) is 4.98 Å². The van der Waals surface area contributed by atoms with Crippen molar-refractivity contribution in [3.05, 3.63) is 45.9 Å². The van der Waals surface area contributed by atoms with Crippen LogP contribution in [0.3, 0.4) is 0 Å². The Morgan fingerprint density at radius 3 is 2.24 bits per heavy atom. The summed E-state index contributed by atoms with van der Waals surface area (Å²) in [5.41, 5.74) is -0.763. The first-order valence-corrected chi connectivity index (χ1v) is 6.46. The largest absolute Gasteiger partial charge is 0.437 e. The van der Waals surface area contributed by atoms with Gasteiger partial charge >= 0.3 is 6.18 Å². The standard InChI is InChI=1S/C13H9Cl2F3N2O/c1-19-11-9(14)6-10(15)12(20-11)21-8-4-2-7(3-5-8)13(16,17)18/h2-6H,1H3,(H,19,20). The topological polar surface area (TPSA) is 34.2 Å². The second-order valence-electron chi connectivity index (χ2n) is 3.98. The van der Waals surface area contributed by atoms with E-state index in [1.807, 2.05) is 0 Å². The number of benzene rings is 1. The summed E-state index contributed by atoms with van der Waals surface area (Å²) in [6.45, 7) is 0. The Morgan fingerprint density at radius 2 is 1.71 bits per heavy atom. The Kier molecular flexibility index (Phi) is 4.49. The van der Waals surface area contributed by atoms with Crippen molar-refractivity contribution in [2.24, 2.45) is 0 Å². The van der Waals surface area contributed by atoms with E-state index in [1.165, 1.54) is 18.2 Å². The lowest BCUT2D eigenvalue weighted by Gasteiger charge is -2.11. The van der Waals surface area contributed by atoms with Gasteiger partial charge in [-0.15, -0.1) is 0 Å². The van der Waals surface area contributed by atoms with Crippen molar-refractivity contribution in [1.29, 1.82) is 0 Å². The first kappa shape index (κ1) is 15.7. The number of alkyl halides is 3. The number of anilines is 1. The van der Waals surface area contributed by atoms with Crippen LogP contribution in [0.2, 0.25) is 10.0 Å². The van der Waals surface area contributed by atoms with Gasteiger partial charge in [0.1, 0.15) is 16.6 Å². The van der Waals surface area contributed by atoms with E-state index in [1.54, 1.807) is 7.05 Å². The van der Waals surface area contributed by atoms with Crippen LogP contribution in [0.5, 0.6) is 11.6 Å². The van der Waals surface area contributed by atoms with Gasteiger partial charge < -0.3 is 10.1 Å². The minimum absolute atomic E-state index is 0.0465. The molecule has 0 unspecified atom stereocenters. The summed E-state index contributed by atoms with van der Waals surface area (Å²) in [5, 5.41) is 3.21. The molecule has 2 rings (SSSR count). The number of aromatic nitrogens is 1. The molecular formula is C13H9Cl2F3N2O. The second kappa shape index (κ2) is 5.99. The molecule has 8 heteroatoms. The highest BCUT2D eigenvalue weighted by Crippen LogP contribution is 2.35. The molecule has 0 spiro atoms. The molecule has 0 radical (unpaired) electrons. The van der Waals surface area contributed by atoms with E-state index in [0.29, 0.717) is 10.8 Å². The molecule has 0 amide bonds. The Balaban J connectivity index is 2.26. The third kappa shape index (κ3) is 3.71. The van der Waals surface area contributed by atoms with Crippen LogP contribution < -0.4 is 10.1 Å². The highest BCUT2D eigenvalue weighted by Gasteiger charge is 2.30. The summed E-state index contributed by atoms with van der Waals surface area (Å²) in [4.78, 5) is 4.04. The van der Waals surface area contributed by atoms with E-state index >= 15 is 0 Å². The first-order valence-electron chi connectivity index (χ1n) is 5.70. The number of hydrogen-bond donors (Lipinski definition) is 1. The smallest absolute Gasteiger partial charge is 0.416 e. The Bertz CT molecular complexity index is 645. The summed E-state index contributed by atoms with van der Waals surface area (Å²) in [6, 6.07) is 5.64. The van der Waals surface area contributed by atoms with E-state index in [9.17, 15) is 13.2 Å². The minimum atomic E-state index is -4.39. The third-order valence-corrected chi connectivity index (χ3v) is 3.09. The number of nitrogens with one attached hydrogen (secondary N) is 1. The maximum atomic E-state index is 12.5. The molecule has 21 heavy (non-hydrogen) atoms. The van der Waals surface area contributed by atoms with E-state index < -0.39 is 11.7 Å². The van der Waals surface area contributed by atoms with Crippen LogP contribution in [0.25, 0.3) is 0 Å². The molecule has 0 saturated heterocycles. The van der Waals surface area contributed by atoms with Crippen LogP contribution in [0.1, 0.15) is 5.56 Å².